The van der Waals surface area contributed by atoms with Crippen LogP contribution in [0.15, 0.2) is 23.0 Å². The monoisotopic (exact) mass is 261 g/mol. The minimum Gasteiger partial charge on any atom is -0.478 e. The van der Waals surface area contributed by atoms with E-state index < -0.39 is 11.4 Å². The third kappa shape index (κ3) is 1.89. The third-order valence-electron chi connectivity index (χ3n) is 3.67. The Morgan fingerprint density at radius 1 is 1.47 bits per heavy atom. The number of carbonyl (C=O) groups is 2. The molecular formula is C13H15N3O3. The van der Waals surface area contributed by atoms with Gasteiger partial charge in [-0.15, -0.1) is 0 Å². The number of carboxylic acid groups (broad SMARTS) is 1. The molecule has 2 N–H and O–H groups in total. The van der Waals surface area contributed by atoms with Gasteiger partial charge in [-0.2, -0.15) is 0 Å². The molecule has 0 bridgehead atoms. The summed E-state index contributed by atoms with van der Waals surface area (Å²) in [5.74, 6) is -1.25. The fraction of sp³-hybridized carbons (Fsp3) is 0.385. The number of H-pyrrole nitrogens is 1. The van der Waals surface area contributed by atoms with Crippen molar-refractivity contribution in [2.75, 3.05) is 0 Å². The second kappa shape index (κ2) is 4.46. The van der Waals surface area contributed by atoms with Gasteiger partial charge in [0.1, 0.15) is 5.70 Å². The number of rotatable bonds is 3. The lowest BCUT2D eigenvalue weighted by molar-refractivity contribution is -0.136. The average molecular weight is 261 g/mol. The number of nitrogens with zero attached hydrogens (tertiary/aromatic N) is 2. The summed E-state index contributed by atoms with van der Waals surface area (Å²) < 4.78 is 0. The van der Waals surface area contributed by atoms with E-state index >= 15 is 0 Å². The molecule has 0 fully saturated rings. The van der Waals surface area contributed by atoms with Crippen LogP contribution in [0, 0.1) is 11.3 Å². The average Bonchev–Trinajstić information content (AvgIpc) is 2.85. The van der Waals surface area contributed by atoms with Crippen molar-refractivity contribution in [3.05, 3.63) is 23.8 Å². The van der Waals surface area contributed by atoms with E-state index in [0.717, 1.165) is 0 Å². The van der Waals surface area contributed by atoms with Crippen molar-refractivity contribution in [1.29, 1.82) is 0 Å². The van der Waals surface area contributed by atoms with Crippen LogP contribution in [0.1, 0.15) is 26.6 Å². The Bertz CT molecular complexity index is 584. The van der Waals surface area contributed by atoms with Crippen molar-refractivity contribution in [3.63, 3.8) is 0 Å². The van der Waals surface area contributed by atoms with Crippen LogP contribution in [0.4, 0.5) is 0 Å². The maximum atomic E-state index is 12.1. The number of carbonyl (C=O) groups excluding carboxylic acids is 1. The number of ketones is 1. The predicted molar refractivity (Wildman–Crippen MR) is 69.6 cm³/mol. The second-order valence-electron chi connectivity index (χ2n) is 4.95. The first-order valence-corrected chi connectivity index (χ1v) is 5.95. The van der Waals surface area contributed by atoms with Crippen molar-refractivity contribution in [1.82, 2.24) is 9.97 Å². The first-order valence-electron chi connectivity index (χ1n) is 5.95. The Labute approximate surface area is 110 Å². The highest BCUT2D eigenvalue weighted by Gasteiger charge is 2.46. The Morgan fingerprint density at radius 3 is 2.63 bits per heavy atom. The molecule has 0 amide bonds. The van der Waals surface area contributed by atoms with Crippen molar-refractivity contribution in [2.24, 2.45) is 16.3 Å². The highest BCUT2D eigenvalue weighted by atomic mass is 16.4. The van der Waals surface area contributed by atoms with Gasteiger partial charge in [-0.1, -0.05) is 13.8 Å². The van der Waals surface area contributed by atoms with E-state index in [2.05, 4.69) is 15.0 Å². The number of aliphatic imine (C=N–C) groups is 1. The van der Waals surface area contributed by atoms with Gasteiger partial charge < -0.3 is 10.1 Å². The summed E-state index contributed by atoms with van der Waals surface area (Å²) >= 11 is 0. The molecule has 1 aliphatic rings. The van der Waals surface area contributed by atoms with Crippen LogP contribution in [-0.2, 0) is 9.59 Å². The van der Waals surface area contributed by atoms with Gasteiger partial charge in [-0.25, -0.2) is 14.8 Å². The minimum absolute atomic E-state index is 0.00931. The lowest BCUT2D eigenvalue weighted by atomic mass is 9.68. The standard InChI is InChI=1S/C13H15N3O3/c1-7(2)13(3)8(17)6-16-10(9(13)12(18)19)11-14-4-5-15-11/h4-7H,1-3H3,(H,14,15)(H,18,19). The molecule has 1 aromatic heterocycles. The molecule has 0 aromatic carbocycles. The molecule has 0 saturated heterocycles. The first kappa shape index (κ1) is 13.2. The van der Waals surface area contributed by atoms with Gasteiger partial charge in [0.25, 0.3) is 0 Å². The molecule has 19 heavy (non-hydrogen) atoms. The van der Waals surface area contributed by atoms with Crippen molar-refractivity contribution < 1.29 is 14.7 Å². The minimum atomic E-state index is -1.15. The van der Waals surface area contributed by atoms with Crippen LogP contribution in [0.2, 0.25) is 0 Å². The highest BCUT2D eigenvalue weighted by Crippen LogP contribution is 2.42. The van der Waals surface area contributed by atoms with E-state index in [-0.39, 0.29) is 23.0 Å². The van der Waals surface area contributed by atoms with Crippen LogP contribution in [0.3, 0.4) is 0 Å². The summed E-state index contributed by atoms with van der Waals surface area (Å²) in [5.41, 5.74) is -0.895. The summed E-state index contributed by atoms with van der Waals surface area (Å²) in [6.07, 6.45) is 4.28. The number of aromatic nitrogens is 2. The summed E-state index contributed by atoms with van der Waals surface area (Å²) in [4.78, 5) is 34.5. The van der Waals surface area contributed by atoms with E-state index in [1.54, 1.807) is 13.1 Å². The summed E-state index contributed by atoms with van der Waals surface area (Å²) in [5, 5.41) is 9.48. The fourth-order valence-electron chi connectivity index (χ4n) is 2.16. The zero-order valence-corrected chi connectivity index (χ0v) is 11.0. The Balaban J connectivity index is 2.73. The zero-order valence-electron chi connectivity index (χ0n) is 11.0. The molecule has 6 heteroatoms. The van der Waals surface area contributed by atoms with E-state index in [9.17, 15) is 14.7 Å². The number of hydrogen-bond donors (Lipinski definition) is 2. The molecular weight excluding hydrogens is 246 g/mol. The molecule has 0 radical (unpaired) electrons. The van der Waals surface area contributed by atoms with E-state index in [1.807, 2.05) is 13.8 Å². The topological polar surface area (TPSA) is 95.4 Å². The van der Waals surface area contributed by atoms with Crippen LogP contribution in [-0.4, -0.2) is 33.0 Å². The van der Waals surface area contributed by atoms with Crippen LogP contribution >= 0.6 is 0 Å². The Morgan fingerprint density at radius 2 is 2.16 bits per heavy atom. The molecule has 6 nitrogen and oxygen atoms in total. The number of Topliss-reactive ketones (excluding diaryl/α,β-unsaturated/α-hetero) is 1. The lowest BCUT2D eigenvalue weighted by Gasteiger charge is -2.34. The quantitative estimate of drug-likeness (QED) is 0.862. The van der Waals surface area contributed by atoms with Gasteiger partial charge >= 0.3 is 5.97 Å². The van der Waals surface area contributed by atoms with Crippen LogP contribution in [0.25, 0.3) is 5.70 Å². The van der Waals surface area contributed by atoms with Gasteiger partial charge in [0.2, 0.25) is 0 Å². The van der Waals surface area contributed by atoms with Gasteiger partial charge in [0, 0.05) is 12.4 Å². The number of nitrogens with one attached hydrogen (secondary N) is 1. The number of aromatic amines is 1. The van der Waals surface area contributed by atoms with Gasteiger partial charge in [-0.05, 0) is 12.8 Å². The molecule has 1 atom stereocenters. The molecule has 1 unspecified atom stereocenters. The Hall–Kier alpha value is -2.24. The summed E-state index contributed by atoms with van der Waals surface area (Å²) in [7, 11) is 0. The van der Waals surface area contributed by atoms with Gasteiger partial charge in [-0.3, -0.25) is 4.79 Å². The number of hydrogen-bond acceptors (Lipinski definition) is 4. The predicted octanol–water partition coefficient (Wildman–Crippen LogP) is 1.52. The van der Waals surface area contributed by atoms with E-state index in [0.29, 0.717) is 5.82 Å². The fourth-order valence-corrected chi connectivity index (χ4v) is 2.16. The number of aliphatic carboxylic acids is 1. The van der Waals surface area contributed by atoms with E-state index in [4.69, 9.17) is 0 Å². The van der Waals surface area contributed by atoms with Gasteiger partial charge in [0.05, 0.1) is 17.2 Å². The SMILES string of the molecule is CC(C)C1(C)C(=O)C=NC(c2ncc[nH]2)=C1C(=O)O. The third-order valence-corrected chi connectivity index (χ3v) is 3.67. The van der Waals surface area contributed by atoms with Crippen LogP contribution in [0.5, 0.6) is 0 Å². The highest BCUT2D eigenvalue weighted by molar-refractivity contribution is 6.35. The largest absolute Gasteiger partial charge is 0.478 e. The molecule has 0 saturated carbocycles. The van der Waals surface area contributed by atoms with E-state index in [1.165, 1.54) is 12.4 Å². The molecule has 100 valence electrons. The molecule has 2 heterocycles. The second-order valence-corrected chi connectivity index (χ2v) is 4.95. The number of imidazole rings is 1. The maximum Gasteiger partial charge on any atom is 0.334 e. The lowest BCUT2D eigenvalue weighted by Crippen LogP contribution is -2.41. The molecule has 2 rings (SSSR count). The Kier molecular flexibility index (Phi) is 3.09. The molecule has 1 aliphatic heterocycles. The first-order chi connectivity index (χ1) is 8.89. The molecule has 0 aliphatic carbocycles. The molecule has 0 spiro atoms. The normalized spacial score (nSPS) is 23.3. The summed E-state index contributed by atoms with van der Waals surface area (Å²) in [6, 6.07) is 0. The summed E-state index contributed by atoms with van der Waals surface area (Å²) in [6.45, 7) is 5.27. The maximum absolute atomic E-state index is 12.1. The smallest absolute Gasteiger partial charge is 0.334 e. The van der Waals surface area contributed by atoms with Crippen LogP contribution < -0.4 is 0 Å². The number of carboxylic acids is 1. The molecule has 1 aromatic rings. The zero-order chi connectivity index (χ0) is 14.2. The van der Waals surface area contributed by atoms with Crippen molar-refractivity contribution >= 4 is 23.7 Å². The van der Waals surface area contributed by atoms with Crippen molar-refractivity contribution in [3.8, 4) is 0 Å². The van der Waals surface area contributed by atoms with Crippen molar-refractivity contribution in [2.45, 2.75) is 20.8 Å². The van der Waals surface area contributed by atoms with Gasteiger partial charge in [0.15, 0.2) is 11.6 Å².